The Morgan fingerprint density at radius 1 is 1.25 bits per heavy atom. The molecule has 5 heteroatoms. The highest BCUT2D eigenvalue weighted by molar-refractivity contribution is 5.96. The molecule has 2 aromatic rings. The van der Waals surface area contributed by atoms with Crippen molar-refractivity contribution in [2.24, 2.45) is 5.41 Å². The van der Waals surface area contributed by atoms with Crippen LogP contribution < -0.4 is 0 Å². The molecular weight excluding hydrogens is 312 g/mol. The monoisotopic (exact) mass is 329 g/mol. The minimum absolute atomic E-state index is 0.000457. The van der Waals surface area contributed by atoms with Gasteiger partial charge in [-0.3, -0.25) is 4.98 Å². The van der Waals surface area contributed by atoms with Crippen LogP contribution in [0, 0.1) is 5.41 Å². The highest BCUT2D eigenvalue weighted by atomic mass is 19.3. The molecular formula is C19H17F2NO2. The Hall–Kier alpha value is -2.30. The van der Waals surface area contributed by atoms with E-state index in [0.29, 0.717) is 6.42 Å². The summed E-state index contributed by atoms with van der Waals surface area (Å²) in [4.78, 5) is 15.4. The SMILES string of the molecule is O=C(O)c1cnc2c(C3=CCC4(CC3)CC(F)(F)C4)cccc2c1. The van der Waals surface area contributed by atoms with Gasteiger partial charge in [-0.05, 0) is 36.3 Å². The van der Waals surface area contributed by atoms with Crippen LogP contribution in [0.25, 0.3) is 16.5 Å². The minimum Gasteiger partial charge on any atom is -0.478 e. The van der Waals surface area contributed by atoms with Crippen molar-refractivity contribution in [3.8, 4) is 0 Å². The van der Waals surface area contributed by atoms with E-state index >= 15 is 0 Å². The Morgan fingerprint density at radius 2 is 2.04 bits per heavy atom. The molecule has 0 saturated heterocycles. The van der Waals surface area contributed by atoms with E-state index in [2.05, 4.69) is 11.1 Å². The molecule has 0 aliphatic heterocycles. The van der Waals surface area contributed by atoms with Gasteiger partial charge in [0.05, 0.1) is 11.1 Å². The molecule has 1 aromatic heterocycles. The maximum Gasteiger partial charge on any atom is 0.337 e. The molecule has 1 spiro atoms. The molecule has 4 rings (SSSR count). The van der Waals surface area contributed by atoms with E-state index in [4.69, 9.17) is 5.11 Å². The number of hydrogen-bond acceptors (Lipinski definition) is 2. The molecule has 24 heavy (non-hydrogen) atoms. The van der Waals surface area contributed by atoms with Crippen LogP contribution in [0.3, 0.4) is 0 Å². The van der Waals surface area contributed by atoms with Crippen molar-refractivity contribution in [3.63, 3.8) is 0 Å². The van der Waals surface area contributed by atoms with E-state index in [0.717, 1.165) is 34.9 Å². The molecule has 1 fully saturated rings. The topological polar surface area (TPSA) is 50.2 Å². The second kappa shape index (κ2) is 5.10. The van der Waals surface area contributed by atoms with Crippen LogP contribution in [-0.4, -0.2) is 22.0 Å². The maximum atomic E-state index is 13.2. The van der Waals surface area contributed by atoms with Gasteiger partial charge in [-0.2, -0.15) is 0 Å². The van der Waals surface area contributed by atoms with Crippen LogP contribution in [0.5, 0.6) is 0 Å². The van der Waals surface area contributed by atoms with E-state index in [1.54, 1.807) is 6.07 Å². The van der Waals surface area contributed by atoms with Crippen LogP contribution in [0.1, 0.15) is 48.0 Å². The van der Waals surface area contributed by atoms with Gasteiger partial charge < -0.3 is 5.11 Å². The van der Waals surface area contributed by atoms with Crippen molar-refractivity contribution in [2.75, 3.05) is 0 Å². The molecule has 0 unspecified atom stereocenters. The zero-order valence-electron chi connectivity index (χ0n) is 13.1. The fourth-order valence-electron chi connectivity index (χ4n) is 4.09. The highest BCUT2D eigenvalue weighted by Crippen LogP contribution is 2.59. The third-order valence-electron chi connectivity index (χ3n) is 5.28. The number of carboxylic acid groups (broad SMARTS) is 1. The molecule has 1 N–H and O–H groups in total. The lowest BCUT2D eigenvalue weighted by molar-refractivity contribution is -0.163. The van der Waals surface area contributed by atoms with Crippen molar-refractivity contribution in [3.05, 3.63) is 47.7 Å². The molecule has 0 bridgehead atoms. The average molecular weight is 329 g/mol. The molecule has 0 radical (unpaired) electrons. The van der Waals surface area contributed by atoms with Gasteiger partial charge in [-0.25, -0.2) is 13.6 Å². The standard InChI is InChI=1S/C19H17F2NO2/c20-19(21)10-18(11-19)6-4-12(5-7-18)15-3-1-2-13-8-14(17(23)24)9-22-16(13)15/h1-4,8-9H,5-7,10-11H2,(H,23,24). The second-order valence-corrected chi connectivity index (χ2v) is 7.05. The molecule has 1 heterocycles. The number of alkyl halides is 2. The van der Waals surface area contributed by atoms with Gasteiger partial charge in [0.1, 0.15) is 0 Å². The van der Waals surface area contributed by atoms with E-state index < -0.39 is 11.9 Å². The lowest BCUT2D eigenvalue weighted by Gasteiger charge is -2.49. The summed E-state index contributed by atoms with van der Waals surface area (Å²) in [6.45, 7) is 0. The number of para-hydroxylation sites is 1. The first kappa shape index (κ1) is 15.2. The smallest absolute Gasteiger partial charge is 0.337 e. The predicted molar refractivity (Wildman–Crippen MR) is 87.1 cm³/mol. The number of allylic oxidation sites excluding steroid dienone is 2. The van der Waals surface area contributed by atoms with E-state index in [1.807, 2.05) is 18.2 Å². The lowest BCUT2D eigenvalue weighted by atomic mass is 9.59. The fourth-order valence-corrected chi connectivity index (χ4v) is 4.09. The number of pyridine rings is 1. The van der Waals surface area contributed by atoms with E-state index in [-0.39, 0.29) is 23.8 Å². The first-order chi connectivity index (χ1) is 11.4. The summed E-state index contributed by atoms with van der Waals surface area (Å²) in [6.07, 6.45) is 5.65. The molecule has 2 aliphatic rings. The average Bonchev–Trinajstić information content (AvgIpc) is 2.52. The second-order valence-electron chi connectivity index (χ2n) is 7.05. The lowest BCUT2D eigenvalue weighted by Crippen LogP contribution is -2.46. The van der Waals surface area contributed by atoms with Gasteiger partial charge in [0, 0.05) is 30.0 Å². The Bertz CT molecular complexity index is 865. The molecule has 0 atom stereocenters. The van der Waals surface area contributed by atoms with E-state index in [9.17, 15) is 13.6 Å². The van der Waals surface area contributed by atoms with Gasteiger partial charge in [-0.15, -0.1) is 0 Å². The van der Waals surface area contributed by atoms with Crippen LogP contribution in [-0.2, 0) is 0 Å². The number of aromatic carboxylic acids is 1. The fraction of sp³-hybridized carbons (Fsp3) is 0.368. The number of aromatic nitrogens is 1. The van der Waals surface area contributed by atoms with Crippen molar-refractivity contribution < 1.29 is 18.7 Å². The van der Waals surface area contributed by atoms with Gasteiger partial charge in [0.25, 0.3) is 0 Å². The number of benzene rings is 1. The Balaban J connectivity index is 1.67. The van der Waals surface area contributed by atoms with Crippen molar-refractivity contribution >= 4 is 22.4 Å². The van der Waals surface area contributed by atoms with Crippen LogP contribution in [0.2, 0.25) is 0 Å². The third-order valence-corrected chi connectivity index (χ3v) is 5.28. The summed E-state index contributed by atoms with van der Waals surface area (Å²) in [6, 6.07) is 7.31. The Labute approximate surface area is 138 Å². The van der Waals surface area contributed by atoms with Crippen LogP contribution in [0.15, 0.2) is 36.5 Å². The first-order valence-electron chi connectivity index (χ1n) is 8.07. The van der Waals surface area contributed by atoms with Gasteiger partial charge in [0.2, 0.25) is 5.92 Å². The number of nitrogens with zero attached hydrogens (tertiary/aromatic N) is 1. The number of carbonyl (C=O) groups is 1. The zero-order chi connectivity index (χ0) is 16.9. The number of carboxylic acids is 1. The third kappa shape index (κ3) is 2.48. The zero-order valence-corrected chi connectivity index (χ0v) is 13.1. The summed E-state index contributed by atoms with van der Waals surface area (Å²) in [5.41, 5.74) is 2.81. The predicted octanol–water partition coefficient (Wildman–Crippen LogP) is 4.92. The Kier molecular flexibility index (Phi) is 3.24. The maximum absolute atomic E-state index is 13.2. The molecule has 1 saturated carbocycles. The number of rotatable bonds is 2. The Morgan fingerprint density at radius 3 is 2.67 bits per heavy atom. The molecule has 3 nitrogen and oxygen atoms in total. The van der Waals surface area contributed by atoms with Crippen LogP contribution >= 0.6 is 0 Å². The summed E-state index contributed by atoms with van der Waals surface area (Å²) in [7, 11) is 0. The summed E-state index contributed by atoms with van der Waals surface area (Å²) in [5, 5.41) is 9.86. The molecule has 1 aromatic carbocycles. The van der Waals surface area contributed by atoms with Gasteiger partial charge >= 0.3 is 5.97 Å². The largest absolute Gasteiger partial charge is 0.478 e. The number of hydrogen-bond donors (Lipinski definition) is 1. The molecule has 0 amide bonds. The number of halogens is 2. The van der Waals surface area contributed by atoms with Gasteiger partial charge in [0.15, 0.2) is 0 Å². The van der Waals surface area contributed by atoms with Crippen LogP contribution in [0.4, 0.5) is 8.78 Å². The molecule has 2 aliphatic carbocycles. The number of fused-ring (bicyclic) bond motifs is 1. The van der Waals surface area contributed by atoms with E-state index in [1.165, 1.54) is 6.20 Å². The summed E-state index contributed by atoms with van der Waals surface area (Å²) in [5.74, 6) is -3.49. The molecule has 124 valence electrons. The highest BCUT2D eigenvalue weighted by Gasteiger charge is 2.55. The van der Waals surface area contributed by atoms with Crippen molar-refractivity contribution in [1.29, 1.82) is 0 Å². The van der Waals surface area contributed by atoms with Crippen molar-refractivity contribution in [1.82, 2.24) is 4.98 Å². The minimum atomic E-state index is -2.49. The first-order valence-corrected chi connectivity index (χ1v) is 8.07. The summed E-state index contributed by atoms with van der Waals surface area (Å²) < 4.78 is 26.4. The van der Waals surface area contributed by atoms with Crippen molar-refractivity contribution in [2.45, 2.75) is 38.0 Å². The quantitative estimate of drug-likeness (QED) is 0.851. The summed E-state index contributed by atoms with van der Waals surface area (Å²) >= 11 is 0. The van der Waals surface area contributed by atoms with Gasteiger partial charge in [-0.1, -0.05) is 24.3 Å². The normalized spacial score (nSPS) is 21.3.